The minimum Gasteiger partial charge on any atom is -0.493 e. The Kier molecular flexibility index (Phi) is 5.49. The molecule has 0 aliphatic rings. The molecule has 120 valence electrons. The topological polar surface area (TPSA) is 42.2 Å². The van der Waals surface area contributed by atoms with Crippen molar-refractivity contribution in [3.05, 3.63) is 71.6 Å². The van der Waals surface area contributed by atoms with Crippen LogP contribution in [0, 0.1) is 11.3 Å². The Labute approximate surface area is 145 Å². The van der Waals surface area contributed by atoms with Gasteiger partial charge in [-0.15, -0.1) is 11.3 Å². The largest absolute Gasteiger partial charge is 0.493 e. The molecular formula is C20H17NO2S. The SMILES string of the molecule is N#Cc1c(-c2ccccc2)csc1OCCCOc1ccccc1. The van der Waals surface area contributed by atoms with Gasteiger partial charge in [-0.1, -0.05) is 48.5 Å². The van der Waals surface area contributed by atoms with Gasteiger partial charge in [0.1, 0.15) is 17.4 Å². The third-order valence-electron chi connectivity index (χ3n) is 3.49. The molecule has 0 aliphatic heterocycles. The Morgan fingerprint density at radius 2 is 1.54 bits per heavy atom. The zero-order valence-corrected chi connectivity index (χ0v) is 14.0. The number of para-hydroxylation sites is 1. The summed E-state index contributed by atoms with van der Waals surface area (Å²) in [5, 5.41) is 12.1. The van der Waals surface area contributed by atoms with Crippen LogP contribution in [0.3, 0.4) is 0 Å². The molecule has 0 saturated heterocycles. The van der Waals surface area contributed by atoms with Crippen LogP contribution in [0.5, 0.6) is 10.8 Å². The van der Waals surface area contributed by atoms with Crippen LogP contribution in [0.15, 0.2) is 66.0 Å². The molecule has 0 saturated carbocycles. The Balaban J connectivity index is 1.54. The van der Waals surface area contributed by atoms with Crippen LogP contribution in [-0.4, -0.2) is 13.2 Å². The first-order valence-corrected chi connectivity index (χ1v) is 8.64. The average Bonchev–Trinajstić information content (AvgIpc) is 3.06. The molecule has 0 fully saturated rings. The van der Waals surface area contributed by atoms with Gasteiger partial charge in [0.15, 0.2) is 5.06 Å². The van der Waals surface area contributed by atoms with Crippen molar-refractivity contribution in [3.8, 4) is 28.0 Å². The molecule has 3 nitrogen and oxygen atoms in total. The Morgan fingerprint density at radius 3 is 2.25 bits per heavy atom. The molecular weight excluding hydrogens is 318 g/mol. The molecule has 0 unspecified atom stereocenters. The predicted octanol–water partition coefficient (Wildman–Crippen LogP) is 5.13. The summed E-state index contributed by atoms with van der Waals surface area (Å²) < 4.78 is 11.4. The fourth-order valence-corrected chi connectivity index (χ4v) is 3.22. The van der Waals surface area contributed by atoms with E-state index in [1.165, 1.54) is 11.3 Å². The summed E-state index contributed by atoms with van der Waals surface area (Å²) in [7, 11) is 0. The molecule has 1 heterocycles. The van der Waals surface area contributed by atoms with Crippen molar-refractivity contribution in [1.82, 2.24) is 0 Å². The number of nitrogens with zero attached hydrogens (tertiary/aromatic N) is 1. The first kappa shape index (κ1) is 16.1. The molecule has 0 aliphatic carbocycles. The predicted molar refractivity (Wildman–Crippen MR) is 96.5 cm³/mol. The zero-order valence-electron chi connectivity index (χ0n) is 13.1. The van der Waals surface area contributed by atoms with Gasteiger partial charge in [-0.2, -0.15) is 5.26 Å². The van der Waals surface area contributed by atoms with E-state index in [0.717, 1.165) is 23.3 Å². The first-order valence-electron chi connectivity index (χ1n) is 7.76. The van der Waals surface area contributed by atoms with Gasteiger partial charge in [-0.25, -0.2) is 0 Å². The second-order valence-electron chi connectivity index (χ2n) is 5.15. The smallest absolute Gasteiger partial charge is 0.192 e. The lowest BCUT2D eigenvalue weighted by atomic mass is 10.1. The molecule has 0 N–H and O–H groups in total. The van der Waals surface area contributed by atoms with Gasteiger partial charge >= 0.3 is 0 Å². The van der Waals surface area contributed by atoms with Gasteiger partial charge < -0.3 is 9.47 Å². The molecule has 0 bridgehead atoms. The second-order valence-corrected chi connectivity index (χ2v) is 6.00. The highest BCUT2D eigenvalue weighted by Gasteiger charge is 2.14. The van der Waals surface area contributed by atoms with Crippen molar-refractivity contribution < 1.29 is 9.47 Å². The van der Waals surface area contributed by atoms with Crippen LogP contribution in [0.4, 0.5) is 0 Å². The van der Waals surface area contributed by atoms with Gasteiger partial charge in [0.25, 0.3) is 0 Å². The van der Waals surface area contributed by atoms with E-state index in [0.29, 0.717) is 23.8 Å². The number of rotatable bonds is 7. The molecule has 0 amide bonds. The molecule has 2 aromatic carbocycles. The van der Waals surface area contributed by atoms with E-state index in [2.05, 4.69) is 6.07 Å². The molecule has 3 rings (SSSR count). The van der Waals surface area contributed by atoms with Crippen LogP contribution in [0.2, 0.25) is 0 Å². The van der Waals surface area contributed by atoms with E-state index in [4.69, 9.17) is 9.47 Å². The minimum atomic E-state index is 0.524. The summed E-state index contributed by atoms with van der Waals surface area (Å²) in [4.78, 5) is 0. The summed E-state index contributed by atoms with van der Waals surface area (Å²) in [6.45, 7) is 1.11. The summed E-state index contributed by atoms with van der Waals surface area (Å²) in [6, 6.07) is 21.9. The van der Waals surface area contributed by atoms with E-state index in [1.54, 1.807) is 0 Å². The van der Waals surface area contributed by atoms with Crippen molar-refractivity contribution in [2.75, 3.05) is 13.2 Å². The van der Waals surface area contributed by atoms with Crippen molar-refractivity contribution in [3.63, 3.8) is 0 Å². The maximum atomic E-state index is 9.45. The highest BCUT2D eigenvalue weighted by molar-refractivity contribution is 7.12. The van der Waals surface area contributed by atoms with Crippen LogP contribution in [0.1, 0.15) is 12.0 Å². The van der Waals surface area contributed by atoms with Crippen molar-refractivity contribution in [2.45, 2.75) is 6.42 Å². The van der Waals surface area contributed by atoms with E-state index >= 15 is 0 Å². The maximum Gasteiger partial charge on any atom is 0.192 e. The molecule has 1 aromatic heterocycles. The summed E-state index contributed by atoms with van der Waals surface area (Å²) in [5.74, 6) is 0.859. The first-order chi connectivity index (χ1) is 11.9. The van der Waals surface area contributed by atoms with E-state index < -0.39 is 0 Å². The van der Waals surface area contributed by atoms with E-state index in [9.17, 15) is 5.26 Å². The molecule has 3 aromatic rings. The fraction of sp³-hybridized carbons (Fsp3) is 0.150. The molecule has 24 heavy (non-hydrogen) atoms. The minimum absolute atomic E-state index is 0.524. The standard InChI is InChI=1S/C20H17NO2S/c21-14-18-19(16-8-3-1-4-9-16)15-24-20(18)23-13-7-12-22-17-10-5-2-6-11-17/h1-6,8-11,15H,7,12-13H2. The molecule has 0 spiro atoms. The monoisotopic (exact) mass is 335 g/mol. The zero-order chi connectivity index (χ0) is 16.6. The van der Waals surface area contributed by atoms with Crippen molar-refractivity contribution >= 4 is 11.3 Å². The van der Waals surface area contributed by atoms with Crippen molar-refractivity contribution in [1.29, 1.82) is 5.26 Å². The second kappa shape index (κ2) is 8.19. The van der Waals surface area contributed by atoms with Crippen LogP contribution in [0.25, 0.3) is 11.1 Å². The quantitative estimate of drug-likeness (QED) is 0.562. The summed E-state index contributed by atoms with van der Waals surface area (Å²) in [5.41, 5.74) is 2.57. The molecule has 0 atom stereocenters. The number of thiophene rings is 1. The Bertz CT molecular complexity index is 807. The van der Waals surface area contributed by atoms with E-state index in [1.807, 2.05) is 66.0 Å². The van der Waals surface area contributed by atoms with Gasteiger partial charge in [0, 0.05) is 17.4 Å². The van der Waals surface area contributed by atoms with Crippen LogP contribution >= 0.6 is 11.3 Å². The average molecular weight is 335 g/mol. The maximum absolute atomic E-state index is 9.45. The summed E-state index contributed by atoms with van der Waals surface area (Å²) in [6.07, 6.45) is 0.762. The number of ether oxygens (including phenoxy) is 2. The van der Waals surface area contributed by atoms with Gasteiger partial charge in [-0.05, 0) is 17.7 Å². The lowest BCUT2D eigenvalue weighted by Gasteiger charge is -2.07. The number of benzene rings is 2. The lowest BCUT2D eigenvalue weighted by Crippen LogP contribution is -2.04. The number of nitriles is 1. The van der Waals surface area contributed by atoms with Crippen LogP contribution < -0.4 is 9.47 Å². The molecule has 0 radical (unpaired) electrons. The van der Waals surface area contributed by atoms with Gasteiger partial charge in [0.05, 0.1) is 13.2 Å². The van der Waals surface area contributed by atoms with Crippen LogP contribution in [-0.2, 0) is 0 Å². The summed E-state index contributed by atoms with van der Waals surface area (Å²) >= 11 is 1.46. The van der Waals surface area contributed by atoms with Crippen molar-refractivity contribution in [2.24, 2.45) is 0 Å². The number of hydrogen-bond donors (Lipinski definition) is 0. The molecule has 4 heteroatoms. The van der Waals surface area contributed by atoms with Gasteiger partial charge in [0.2, 0.25) is 0 Å². The van der Waals surface area contributed by atoms with E-state index in [-0.39, 0.29) is 0 Å². The number of hydrogen-bond acceptors (Lipinski definition) is 4. The third kappa shape index (κ3) is 3.95. The Hall–Kier alpha value is -2.77. The highest BCUT2D eigenvalue weighted by atomic mass is 32.1. The fourth-order valence-electron chi connectivity index (χ4n) is 2.31. The Morgan fingerprint density at radius 1 is 0.875 bits per heavy atom. The lowest BCUT2D eigenvalue weighted by molar-refractivity contribution is 0.251. The third-order valence-corrected chi connectivity index (χ3v) is 4.38. The highest BCUT2D eigenvalue weighted by Crippen LogP contribution is 2.36. The normalized spacial score (nSPS) is 10.1. The van der Waals surface area contributed by atoms with Gasteiger partial charge in [-0.3, -0.25) is 0 Å².